The van der Waals surface area contributed by atoms with E-state index in [1.54, 1.807) is 35.4 Å². The molecule has 0 atom stereocenters. The van der Waals surface area contributed by atoms with Gasteiger partial charge in [0, 0.05) is 35.5 Å². The Labute approximate surface area is 239 Å². The van der Waals surface area contributed by atoms with Crippen molar-refractivity contribution in [3.05, 3.63) is 83.9 Å². The minimum atomic E-state index is -0.764. The number of imidazole rings is 1. The first-order valence-electron chi connectivity index (χ1n) is 13.3. The van der Waals surface area contributed by atoms with E-state index in [2.05, 4.69) is 20.6 Å². The number of nitrogens with zero attached hydrogens (tertiary/aromatic N) is 7. The summed E-state index contributed by atoms with van der Waals surface area (Å²) in [6, 6.07) is 11.8. The summed E-state index contributed by atoms with van der Waals surface area (Å²) in [6.45, 7) is 7.00. The molecule has 5 aromatic rings. The number of carbonyl (C=O) groups is 2. The quantitative estimate of drug-likeness (QED) is 0.306. The molecule has 5 heterocycles. The molecular formula is C29H27F2N9O2. The van der Waals surface area contributed by atoms with Crippen molar-refractivity contribution in [2.24, 2.45) is 0 Å². The number of anilines is 1. The van der Waals surface area contributed by atoms with Crippen LogP contribution in [0, 0.1) is 11.8 Å². The zero-order valence-electron chi connectivity index (χ0n) is 23.1. The second-order valence-corrected chi connectivity index (χ2v) is 11.0. The van der Waals surface area contributed by atoms with Gasteiger partial charge in [-0.1, -0.05) is 0 Å². The molecule has 0 aliphatic carbocycles. The molecular weight excluding hydrogens is 544 g/mol. The third-order valence-corrected chi connectivity index (χ3v) is 6.67. The number of aromatic nitrogens is 6. The predicted octanol–water partition coefficient (Wildman–Crippen LogP) is 4.51. The van der Waals surface area contributed by atoms with Crippen molar-refractivity contribution >= 4 is 23.4 Å². The zero-order chi connectivity index (χ0) is 29.6. The Morgan fingerprint density at radius 2 is 1.76 bits per heavy atom. The van der Waals surface area contributed by atoms with Crippen LogP contribution in [0.2, 0.25) is 0 Å². The van der Waals surface area contributed by atoms with Gasteiger partial charge in [-0.25, -0.2) is 23.7 Å². The molecule has 3 amide bonds. The molecule has 2 N–H and O–H groups in total. The third kappa shape index (κ3) is 5.40. The molecule has 4 aromatic heterocycles. The minimum Gasteiger partial charge on any atom is -0.333 e. The maximum absolute atomic E-state index is 13.8. The van der Waals surface area contributed by atoms with Crippen LogP contribution in [0.3, 0.4) is 0 Å². The molecule has 0 radical (unpaired) electrons. The fourth-order valence-corrected chi connectivity index (χ4v) is 4.78. The maximum atomic E-state index is 13.8. The monoisotopic (exact) mass is 571 g/mol. The SMILES string of the molecule is CC(C)(C)NC(=O)N1CCn2nc(-c3ccc(F)cc3)c(-c3ccc4nc(NC(=O)c5ccnc(F)c5)cn4n3)c2C1. The van der Waals surface area contributed by atoms with Gasteiger partial charge in [-0.3, -0.25) is 9.48 Å². The molecule has 11 nitrogen and oxygen atoms in total. The Balaban J connectivity index is 1.38. The van der Waals surface area contributed by atoms with Crippen LogP contribution in [-0.2, 0) is 13.1 Å². The van der Waals surface area contributed by atoms with E-state index < -0.39 is 17.4 Å². The highest BCUT2D eigenvalue weighted by molar-refractivity contribution is 6.03. The van der Waals surface area contributed by atoms with E-state index in [1.807, 2.05) is 25.5 Å². The second kappa shape index (κ2) is 10.3. The third-order valence-electron chi connectivity index (χ3n) is 6.67. The number of hydrogen-bond donors (Lipinski definition) is 2. The van der Waals surface area contributed by atoms with Gasteiger partial charge < -0.3 is 15.5 Å². The average Bonchev–Trinajstić information content (AvgIpc) is 3.52. The van der Waals surface area contributed by atoms with Crippen LogP contribution in [0.1, 0.15) is 36.8 Å². The number of fused-ring (bicyclic) bond motifs is 2. The number of pyridine rings is 1. The Morgan fingerprint density at radius 1 is 0.976 bits per heavy atom. The first-order valence-corrected chi connectivity index (χ1v) is 13.3. The van der Waals surface area contributed by atoms with E-state index in [0.717, 1.165) is 11.8 Å². The Bertz CT molecular complexity index is 1820. The number of amides is 3. The van der Waals surface area contributed by atoms with Gasteiger partial charge in [-0.05, 0) is 63.2 Å². The van der Waals surface area contributed by atoms with Crippen molar-refractivity contribution in [3.63, 3.8) is 0 Å². The Kier molecular flexibility index (Phi) is 6.64. The van der Waals surface area contributed by atoms with Crippen LogP contribution in [-0.4, -0.2) is 58.3 Å². The average molecular weight is 572 g/mol. The molecule has 0 saturated heterocycles. The van der Waals surface area contributed by atoms with Crippen LogP contribution in [0.4, 0.5) is 19.4 Å². The molecule has 6 rings (SSSR count). The highest BCUT2D eigenvalue weighted by Crippen LogP contribution is 2.36. The minimum absolute atomic E-state index is 0.101. The molecule has 0 bridgehead atoms. The van der Waals surface area contributed by atoms with Gasteiger partial charge in [-0.2, -0.15) is 14.6 Å². The number of halogens is 2. The Hall–Kier alpha value is -5.20. The molecule has 1 aliphatic rings. The lowest BCUT2D eigenvalue weighted by Gasteiger charge is -2.31. The topological polar surface area (TPSA) is 122 Å². The van der Waals surface area contributed by atoms with E-state index in [-0.39, 0.29) is 23.2 Å². The van der Waals surface area contributed by atoms with Crippen molar-refractivity contribution in [1.29, 1.82) is 0 Å². The van der Waals surface area contributed by atoms with Crippen molar-refractivity contribution < 1.29 is 18.4 Å². The van der Waals surface area contributed by atoms with Gasteiger partial charge in [-0.15, -0.1) is 0 Å². The number of carbonyl (C=O) groups excluding carboxylic acids is 2. The van der Waals surface area contributed by atoms with E-state index in [9.17, 15) is 18.4 Å². The Morgan fingerprint density at radius 3 is 2.50 bits per heavy atom. The largest absolute Gasteiger partial charge is 0.333 e. The van der Waals surface area contributed by atoms with Crippen LogP contribution in [0.5, 0.6) is 0 Å². The van der Waals surface area contributed by atoms with E-state index in [0.29, 0.717) is 47.8 Å². The lowest BCUT2D eigenvalue weighted by atomic mass is 10.0. The summed E-state index contributed by atoms with van der Waals surface area (Å²) >= 11 is 0. The number of rotatable bonds is 4. The molecule has 0 unspecified atom stereocenters. The van der Waals surface area contributed by atoms with Gasteiger partial charge in [0.15, 0.2) is 11.5 Å². The molecule has 1 aromatic carbocycles. The van der Waals surface area contributed by atoms with Gasteiger partial charge in [0.2, 0.25) is 5.95 Å². The molecule has 42 heavy (non-hydrogen) atoms. The second-order valence-electron chi connectivity index (χ2n) is 11.0. The molecule has 0 spiro atoms. The normalized spacial score (nSPS) is 13.2. The summed E-state index contributed by atoms with van der Waals surface area (Å²) in [5.41, 5.74) is 3.49. The predicted molar refractivity (Wildman–Crippen MR) is 150 cm³/mol. The zero-order valence-corrected chi connectivity index (χ0v) is 23.1. The van der Waals surface area contributed by atoms with E-state index >= 15 is 0 Å². The molecule has 1 aliphatic heterocycles. The molecule has 0 fully saturated rings. The number of urea groups is 1. The van der Waals surface area contributed by atoms with Crippen LogP contribution >= 0.6 is 0 Å². The summed E-state index contributed by atoms with van der Waals surface area (Å²) in [5.74, 6) is -1.45. The van der Waals surface area contributed by atoms with Gasteiger partial charge in [0.1, 0.15) is 11.5 Å². The summed E-state index contributed by atoms with van der Waals surface area (Å²) in [4.78, 5) is 35.2. The van der Waals surface area contributed by atoms with Crippen LogP contribution in [0.15, 0.2) is 60.9 Å². The fourth-order valence-electron chi connectivity index (χ4n) is 4.78. The summed E-state index contributed by atoms with van der Waals surface area (Å²) in [7, 11) is 0. The van der Waals surface area contributed by atoms with Crippen molar-refractivity contribution in [3.8, 4) is 22.5 Å². The summed E-state index contributed by atoms with van der Waals surface area (Å²) < 4.78 is 30.6. The number of nitrogens with one attached hydrogen (secondary N) is 2. The van der Waals surface area contributed by atoms with Crippen molar-refractivity contribution in [1.82, 2.24) is 39.6 Å². The van der Waals surface area contributed by atoms with Crippen molar-refractivity contribution in [2.75, 3.05) is 11.9 Å². The maximum Gasteiger partial charge on any atom is 0.318 e. The first-order chi connectivity index (χ1) is 20.0. The van der Waals surface area contributed by atoms with Crippen molar-refractivity contribution in [2.45, 2.75) is 39.4 Å². The molecule has 214 valence electrons. The fraction of sp³-hybridized carbons (Fsp3) is 0.241. The van der Waals surface area contributed by atoms with Gasteiger partial charge in [0.05, 0.1) is 36.2 Å². The standard InChI is InChI=1S/C29H27F2N9O2/c1-29(2,3)35-28(42)38-12-13-39-21(15-38)25(26(37-39)17-4-6-19(30)7-5-17)20-8-9-24-33-23(16-40(24)36-20)34-27(41)18-10-11-32-22(31)14-18/h4-11,14,16H,12-13,15H2,1-3H3,(H,34,41)(H,35,42). The summed E-state index contributed by atoms with van der Waals surface area (Å²) in [6.07, 6.45) is 2.76. The van der Waals surface area contributed by atoms with Gasteiger partial charge in [0.25, 0.3) is 5.91 Å². The summed E-state index contributed by atoms with van der Waals surface area (Å²) in [5, 5.41) is 15.3. The highest BCUT2D eigenvalue weighted by Gasteiger charge is 2.30. The molecule has 0 saturated carbocycles. The first kappa shape index (κ1) is 27.0. The molecule has 13 heteroatoms. The number of hydrogen-bond acceptors (Lipinski definition) is 6. The smallest absolute Gasteiger partial charge is 0.318 e. The lowest BCUT2D eigenvalue weighted by molar-refractivity contribution is 0.102. The lowest BCUT2D eigenvalue weighted by Crippen LogP contribution is -2.50. The van der Waals surface area contributed by atoms with Gasteiger partial charge >= 0.3 is 6.03 Å². The van der Waals surface area contributed by atoms with E-state index in [1.165, 1.54) is 28.9 Å². The highest BCUT2D eigenvalue weighted by atomic mass is 19.1. The van der Waals surface area contributed by atoms with Crippen LogP contribution in [0.25, 0.3) is 28.2 Å². The van der Waals surface area contributed by atoms with Crippen LogP contribution < -0.4 is 10.6 Å². The number of benzene rings is 1. The van der Waals surface area contributed by atoms with E-state index in [4.69, 9.17) is 10.2 Å².